The van der Waals surface area contributed by atoms with Gasteiger partial charge in [0.25, 0.3) is 0 Å². The lowest BCUT2D eigenvalue weighted by Gasteiger charge is -2.27. The number of rotatable bonds is 8. The molecule has 1 aromatic carbocycles. The second kappa shape index (κ2) is 8.79. The highest BCUT2D eigenvalue weighted by atomic mass is 16.5. The minimum atomic E-state index is -0.637. The highest BCUT2D eigenvalue weighted by molar-refractivity contribution is 5.70. The molecular weight excluding hydrogens is 278 g/mol. The van der Waals surface area contributed by atoms with E-state index in [1.54, 1.807) is 0 Å². The Labute approximate surface area is 132 Å². The summed E-state index contributed by atoms with van der Waals surface area (Å²) in [6.45, 7) is 3.79. The lowest BCUT2D eigenvalue weighted by Crippen LogP contribution is -2.36. The molecule has 22 heavy (non-hydrogen) atoms. The fraction of sp³-hybridized carbons (Fsp3) is 0.611. The number of hydrogen-bond donors (Lipinski definition) is 2. The molecule has 0 amide bonds. The minimum Gasteiger partial charge on any atom is -0.494 e. The highest BCUT2D eigenvalue weighted by Crippen LogP contribution is 2.24. The van der Waals surface area contributed by atoms with Crippen LogP contribution in [0.25, 0.3) is 0 Å². The van der Waals surface area contributed by atoms with Crippen molar-refractivity contribution in [2.75, 3.05) is 13.2 Å². The summed E-state index contributed by atoms with van der Waals surface area (Å²) < 4.78 is 5.65. The predicted molar refractivity (Wildman–Crippen MR) is 87.3 cm³/mol. The molecule has 1 aliphatic rings. The fourth-order valence-electron chi connectivity index (χ4n) is 2.98. The van der Waals surface area contributed by atoms with Crippen LogP contribution in [0.2, 0.25) is 0 Å². The zero-order chi connectivity index (χ0) is 15.8. The first-order valence-corrected chi connectivity index (χ1v) is 8.37. The van der Waals surface area contributed by atoms with Crippen molar-refractivity contribution in [2.45, 2.75) is 51.5 Å². The van der Waals surface area contributed by atoms with Crippen LogP contribution in [0.4, 0.5) is 0 Å². The van der Waals surface area contributed by atoms with E-state index in [4.69, 9.17) is 9.84 Å². The van der Waals surface area contributed by atoms with E-state index in [1.807, 2.05) is 12.1 Å². The van der Waals surface area contributed by atoms with Gasteiger partial charge < -0.3 is 15.2 Å². The summed E-state index contributed by atoms with van der Waals surface area (Å²) in [6.07, 6.45) is 5.53. The summed E-state index contributed by atoms with van der Waals surface area (Å²) >= 11 is 0. The van der Waals surface area contributed by atoms with Crippen molar-refractivity contribution >= 4 is 5.97 Å². The first kappa shape index (κ1) is 16.8. The second-order valence-electron chi connectivity index (χ2n) is 6.09. The van der Waals surface area contributed by atoms with Gasteiger partial charge in [-0.15, -0.1) is 0 Å². The molecule has 0 radical (unpaired) electrons. The fourth-order valence-corrected chi connectivity index (χ4v) is 2.98. The van der Waals surface area contributed by atoms with Gasteiger partial charge in [0.2, 0.25) is 0 Å². The Morgan fingerprint density at radius 3 is 2.77 bits per heavy atom. The lowest BCUT2D eigenvalue weighted by atomic mass is 9.86. The molecule has 4 heteroatoms. The van der Waals surface area contributed by atoms with Crippen LogP contribution in [0.5, 0.6) is 5.75 Å². The zero-order valence-corrected chi connectivity index (χ0v) is 13.4. The Balaban J connectivity index is 1.69. The van der Waals surface area contributed by atoms with E-state index in [0.29, 0.717) is 6.04 Å². The van der Waals surface area contributed by atoms with Gasteiger partial charge in [0, 0.05) is 6.04 Å². The van der Waals surface area contributed by atoms with Gasteiger partial charge in [0.15, 0.2) is 0 Å². The van der Waals surface area contributed by atoms with E-state index in [0.717, 1.165) is 57.4 Å². The Hall–Kier alpha value is -1.55. The number of ether oxygens (including phenoxy) is 1. The molecule has 0 spiro atoms. The third-order valence-electron chi connectivity index (χ3n) is 4.29. The van der Waals surface area contributed by atoms with Crippen LogP contribution in [-0.4, -0.2) is 30.3 Å². The van der Waals surface area contributed by atoms with E-state index in [9.17, 15) is 4.79 Å². The van der Waals surface area contributed by atoms with Crippen LogP contribution in [0.1, 0.15) is 44.6 Å². The van der Waals surface area contributed by atoms with Gasteiger partial charge in [0.1, 0.15) is 5.75 Å². The molecule has 0 saturated heterocycles. The Morgan fingerprint density at radius 2 is 2.09 bits per heavy atom. The third-order valence-corrected chi connectivity index (χ3v) is 4.29. The predicted octanol–water partition coefficient (Wildman–Crippen LogP) is 3.25. The Kier molecular flexibility index (Phi) is 6.72. The average molecular weight is 305 g/mol. The van der Waals surface area contributed by atoms with Crippen LogP contribution in [0.3, 0.4) is 0 Å². The maximum Gasteiger partial charge on any atom is 0.306 e. The van der Waals surface area contributed by atoms with E-state index in [2.05, 4.69) is 24.4 Å². The van der Waals surface area contributed by atoms with Crippen LogP contribution in [0, 0.1) is 5.92 Å². The second-order valence-corrected chi connectivity index (χ2v) is 6.09. The molecule has 1 fully saturated rings. The molecule has 0 atom stereocenters. The molecule has 2 rings (SSSR count). The van der Waals surface area contributed by atoms with E-state index >= 15 is 0 Å². The first-order chi connectivity index (χ1) is 10.7. The summed E-state index contributed by atoms with van der Waals surface area (Å²) in [4.78, 5) is 10.9. The molecule has 1 aliphatic carbocycles. The van der Waals surface area contributed by atoms with Crippen LogP contribution in [-0.2, 0) is 11.2 Å². The van der Waals surface area contributed by atoms with Gasteiger partial charge in [-0.1, -0.05) is 19.1 Å². The summed E-state index contributed by atoms with van der Waals surface area (Å²) in [5.41, 5.74) is 1.28. The van der Waals surface area contributed by atoms with Crippen LogP contribution < -0.4 is 10.1 Å². The summed E-state index contributed by atoms with van der Waals surface area (Å²) in [5, 5.41) is 12.6. The molecule has 0 heterocycles. The van der Waals surface area contributed by atoms with Crippen molar-refractivity contribution in [2.24, 2.45) is 5.92 Å². The van der Waals surface area contributed by atoms with Crippen LogP contribution in [0.15, 0.2) is 24.3 Å². The first-order valence-electron chi connectivity index (χ1n) is 8.37. The van der Waals surface area contributed by atoms with Crippen molar-refractivity contribution in [3.8, 4) is 5.75 Å². The maximum absolute atomic E-state index is 10.9. The molecule has 122 valence electrons. The number of nitrogens with one attached hydrogen (secondary N) is 1. The van der Waals surface area contributed by atoms with Gasteiger partial charge in [-0.05, 0) is 62.8 Å². The van der Waals surface area contributed by atoms with Crippen molar-refractivity contribution in [3.63, 3.8) is 0 Å². The topological polar surface area (TPSA) is 58.6 Å². The number of carboxylic acids is 1. The number of hydrogen-bond acceptors (Lipinski definition) is 3. The van der Waals surface area contributed by atoms with Gasteiger partial charge in [0.05, 0.1) is 12.5 Å². The Morgan fingerprint density at radius 1 is 1.32 bits per heavy atom. The van der Waals surface area contributed by atoms with Crippen LogP contribution >= 0.6 is 0 Å². The van der Waals surface area contributed by atoms with Gasteiger partial charge in [-0.25, -0.2) is 0 Å². The number of carbonyl (C=O) groups is 1. The summed E-state index contributed by atoms with van der Waals surface area (Å²) in [6, 6.07) is 8.74. The third kappa shape index (κ3) is 5.34. The molecule has 4 nitrogen and oxygen atoms in total. The smallest absolute Gasteiger partial charge is 0.306 e. The van der Waals surface area contributed by atoms with Crippen molar-refractivity contribution in [1.82, 2.24) is 5.32 Å². The molecular formula is C18H27NO3. The summed E-state index contributed by atoms with van der Waals surface area (Å²) in [7, 11) is 0. The van der Waals surface area contributed by atoms with Gasteiger partial charge >= 0.3 is 5.97 Å². The average Bonchev–Trinajstić information content (AvgIpc) is 2.54. The van der Waals surface area contributed by atoms with E-state index in [-0.39, 0.29) is 5.92 Å². The molecule has 1 saturated carbocycles. The van der Waals surface area contributed by atoms with Gasteiger partial charge in [-0.3, -0.25) is 4.79 Å². The SMILES string of the molecule is CCCOc1cccc(CCNC2CCC(C(=O)O)CC2)c1. The lowest BCUT2D eigenvalue weighted by molar-refractivity contribution is -0.142. The molecule has 0 aromatic heterocycles. The number of benzene rings is 1. The van der Waals surface area contributed by atoms with E-state index < -0.39 is 5.97 Å². The van der Waals surface area contributed by atoms with E-state index in [1.165, 1.54) is 5.56 Å². The largest absolute Gasteiger partial charge is 0.494 e. The normalized spacial score (nSPS) is 21.5. The highest BCUT2D eigenvalue weighted by Gasteiger charge is 2.25. The standard InChI is InChI=1S/C18H27NO3/c1-2-12-22-17-5-3-4-14(13-17)10-11-19-16-8-6-15(7-9-16)18(20)21/h3-5,13,15-16,19H,2,6-12H2,1H3,(H,20,21). The number of carboxylic acid groups (broad SMARTS) is 1. The monoisotopic (exact) mass is 305 g/mol. The van der Waals surface area contributed by atoms with Crippen molar-refractivity contribution in [1.29, 1.82) is 0 Å². The quantitative estimate of drug-likeness (QED) is 0.774. The maximum atomic E-state index is 10.9. The minimum absolute atomic E-state index is 0.134. The Bertz CT molecular complexity index is 467. The molecule has 0 bridgehead atoms. The molecule has 1 aromatic rings. The molecule has 0 aliphatic heterocycles. The molecule has 0 unspecified atom stereocenters. The zero-order valence-electron chi connectivity index (χ0n) is 13.4. The number of aliphatic carboxylic acids is 1. The van der Waals surface area contributed by atoms with Gasteiger partial charge in [-0.2, -0.15) is 0 Å². The summed E-state index contributed by atoms with van der Waals surface area (Å²) in [5.74, 6) is 0.175. The van der Waals surface area contributed by atoms with Crippen molar-refractivity contribution in [3.05, 3.63) is 29.8 Å². The molecule has 2 N–H and O–H groups in total. The van der Waals surface area contributed by atoms with Crippen molar-refractivity contribution < 1.29 is 14.6 Å².